The Morgan fingerprint density at radius 2 is 2.08 bits per heavy atom. The molecule has 1 N–H and O–H groups in total. The van der Waals surface area contributed by atoms with Crippen molar-refractivity contribution >= 4 is 56.4 Å². The smallest absolute Gasteiger partial charge is 0.323 e. The van der Waals surface area contributed by atoms with E-state index in [-0.39, 0.29) is 20.7 Å². The Labute approximate surface area is 153 Å². The van der Waals surface area contributed by atoms with Gasteiger partial charge in [0, 0.05) is 0 Å². The molecule has 0 unspecified atom stereocenters. The molecule has 0 spiro atoms. The summed E-state index contributed by atoms with van der Waals surface area (Å²) < 4.78 is 32.5. The summed E-state index contributed by atoms with van der Waals surface area (Å²) in [6.45, 7) is -0.507. The Morgan fingerprint density at radius 1 is 1.40 bits per heavy atom. The first-order chi connectivity index (χ1) is 11.6. The highest BCUT2D eigenvalue weighted by atomic mass is 32.2. The summed E-state index contributed by atoms with van der Waals surface area (Å²) in [6, 6.07) is 4.42. The molecule has 25 heavy (non-hydrogen) atoms. The van der Waals surface area contributed by atoms with E-state index < -0.39 is 28.5 Å². The van der Waals surface area contributed by atoms with Gasteiger partial charge in [-0.3, -0.25) is 14.5 Å². The molecular formula is C14H13NO7S3. The van der Waals surface area contributed by atoms with E-state index in [0.717, 1.165) is 22.9 Å². The molecular weight excluding hydrogens is 390 g/mol. The van der Waals surface area contributed by atoms with E-state index in [1.54, 1.807) is 0 Å². The van der Waals surface area contributed by atoms with Gasteiger partial charge >= 0.3 is 16.1 Å². The SMILES string of the molecule is COc1cc(/C=C2/SC(=S)N(CC(=O)O)C2=O)ccc1OS(C)(=O)=O. The van der Waals surface area contributed by atoms with E-state index in [2.05, 4.69) is 0 Å². The molecule has 1 fully saturated rings. The average molecular weight is 403 g/mol. The zero-order chi connectivity index (χ0) is 18.8. The van der Waals surface area contributed by atoms with Crippen LogP contribution in [0, 0.1) is 0 Å². The van der Waals surface area contributed by atoms with Gasteiger partial charge in [0.05, 0.1) is 18.3 Å². The third-order valence-corrected chi connectivity index (χ3v) is 4.75. The van der Waals surface area contributed by atoms with Crippen molar-refractivity contribution in [3.63, 3.8) is 0 Å². The van der Waals surface area contributed by atoms with Gasteiger partial charge in [0.25, 0.3) is 5.91 Å². The number of carboxylic acid groups (broad SMARTS) is 1. The van der Waals surface area contributed by atoms with Crippen LogP contribution in [0.2, 0.25) is 0 Å². The summed E-state index contributed by atoms with van der Waals surface area (Å²) >= 11 is 5.99. The van der Waals surface area contributed by atoms with Gasteiger partial charge in [-0.2, -0.15) is 8.42 Å². The molecule has 134 valence electrons. The number of methoxy groups -OCH3 is 1. The highest BCUT2D eigenvalue weighted by molar-refractivity contribution is 8.26. The molecule has 11 heteroatoms. The van der Waals surface area contributed by atoms with Gasteiger partial charge in [-0.15, -0.1) is 0 Å². The number of nitrogens with zero attached hydrogens (tertiary/aromatic N) is 1. The number of hydrogen-bond acceptors (Lipinski definition) is 8. The number of carbonyl (C=O) groups is 2. The molecule has 0 saturated carbocycles. The van der Waals surface area contributed by atoms with Crippen molar-refractivity contribution in [1.82, 2.24) is 4.90 Å². The summed E-state index contributed by atoms with van der Waals surface area (Å²) in [5, 5.41) is 8.82. The Kier molecular flexibility index (Phi) is 5.70. The molecule has 0 bridgehead atoms. The topological polar surface area (TPSA) is 110 Å². The quantitative estimate of drug-likeness (QED) is 0.427. The normalized spacial score (nSPS) is 16.4. The van der Waals surface area contributed by atoms with E-state index in [9.17, 15) is 18.0 Å². The van der Waals surface area contributed by atoms with Crippen molar-refractivity contribution in [3.8, 4) is 11.5 Å². The number of aliphatic carboxylic acids is 1. The van der Waals surface area contributed by atoms with Gasteiger partial charge in [-0.05, 0) is 23.8 Å². The number of benzene rings is 1. The highest BCUT2D eigenvalue weighted by Crippen LogP contribution is 2.34. The van der Waals surface area contributed by atoms with Gasteiger partial charge in [-0.1, -0.05) is 30.0 Å². The zero-order valence-corrected chi connectivity index (χ0v) is 15.5. The minimum absolute atomic E-state index is 0.0144. The molecule has 1 aliphatic rings. The molecule has 0 aromatic heterocycles. The van der Waals surface area contributed by atoms with Gasteiger partial charge in [0.15, 0.2) is 11.5 Å². The fraction of sp³-hybridized carbons (Fsp3) is 0.214. The van der Waals surface area contributed by atoms with E-state index in [1.165, 1.54) is 31.4 Å². The third-order valence-electron chi connectivity index (χ3n) is 2.89. The molecule has 1 amide bonds. The average Bonchev–Trinajstić information content (AvgIpc) is 2.74. The second kappa shape index (κ2) is 7.42. The second-order valence-electron chi connectivity index (χ2n) is 4.86. The van der Waals surface area contributed by atoms with Gasteiger partial charge in [0.2, 0.25) is 0 Å². The summed E-state index contributed by atoms with van der Waals surface area (Å²) in [6.07, 6.45) is 2.42. The number of thioether (sulfide) groups is 1. The van der Waals surface area contributed by atoms with Crippen LogP contribution in [-0.4, -0.2) is 54.5 Å². The maximum absolute atomic E-state index is 12.2. The van der Waals surface area contributed by atoms with Crippen LogP contribution in [-0.2, 0) is 19.7 Å². The highest BCUT2D eigenvalue weighted by Gasteiger charge is 2.33. The Balaban J connectivity index is 2.31. The Bertz CT molecular complexity index is 876. The monoisotopic (exact) mass is 403 g/mol. The largest absolute Gasteiger partial charge is 0.493 e. The fourth-order valence-corrected chi connectivity index (χ4v) is 3.65. The lowest BCUT2D eigenvalue weighted by molar-refractivity contribution is -0.140. The van der Waals surface area contributed by atoms with Gasteiger partial charge < -0.3 is 14.0 Å². The number of hydrogen-bond donors (Lipinski definition) is 1. The van der Waals surface area contributed by atoms with Crippen LogP contribution in [0.3, 0.4) is 0 Å². The molecule has 2 rings (SSSR count). The Hall–Kier alpha value is -2.11. The molecule has 1 aromatic carbocycles. The zero-order valence-electron chi connectivity index (χ0n) is 13.1. The predicted molar refractivity (Wildman–Crippen MR) is 96.0 cm³/mol. The number of rotatable bonds is 6. The first-order valence-electron chi connectivity index (χ1n) is 6.65. The molecule has 0 radical (unpaired) electrons. The maximum atomic E-state index is 12.2. The van der Waals surface area contributed by atoms with Crippen LogP contribution in [0.5, 0.6) is 11.5 Å². The van der Waals surface area contributed by atoms with Gasteiger partial charge in [-0.25, -0.2) is 0 Å². The Morgan fingerprint density at radius 3 is 2.64 bits per heavy atom. The van der Waals surface area contributed by atoms with Crippen LogP contribution in [0.25, 0.3) is 6.08 Å². The molecule has 1 aliphatic heterocycles. The second-order valence-corrected chi connectivity index (χ2v) is 8.11. The number of thiocarbonyl (C=S) groups is 1. The molecule has 0 atom stereocenters. The van der Waals surface area contributed by atoms with Crippen LogP contribution in [0.15, 0.2) is 23.1 Å². The lowest BCUT2D eigenvalue weighted by atomic mass is 10.2. The minimum atomic E-state index is -3.71. The van der Waals surface area contributed by atoms with Crippen molar-refractivity contribution in [2.45, 2.75) is 0 Å². The van der Waals surface area contributed by atoms with Crippen LogP contribution in [0.4, 0.5) is 0 Å². The lowest BCUT2D eigenvalue weighted by Gasteiger charge is -2.10. The van der Waals surface area contributed by atoms with Crippen molar-refractivity contribution in [1.29, 1.82) is 0 Å². The number of amides is 1. The van der Waals surface area contributed by atoms with Crippen molar-refractivity contribution < 1.29 is 32.0 Å². The summed E-state index contributed by atoms with van der Waals surface area (Å²) in [7, 11) is -2.37. The number of carbonyl (C=O) groups excluding carboxylic acids is 1. The number of carboxylic acids is 1. The molecule has 8 nitrogen and oxygen atoms in total. The van der Waals surface area contributed by atoms with Crippen LogP contribution >= 0.6 is 24.0 Å². The lowest BCUT2D eigenvalue weighted by Crippen LogP contribution is -2.33. The third kappa shape index (κ3) is 4.94. The number of ether oxygens (including phenoxy) is 1. The summed E-state index contributed by atoms with van der Waals surface area (Å²) in [5.41, 5.74) is 0.536. The van der Waals surface area contributed by atoms with Crippen molar-refractivity contribution in [3.05, 3.63) is 28.7 Å². The molecule has 1 saturated heterocycles. The molecule has 1 heterocycles. The fourth-order valence-electron chi connectivity index (χ4n) is 1.93. The van der Waals surface area contributed by atoms with Crippen molar-refractivity contribution in [2.75, 3.05) is 19.9 Å². The van der Waals surface area contributed by atoms with Crippen LogP contribution in [0.1, 0.15) is 5.56 Å². The van der Waals surface area contributed by atoms with Gasteiger partial charge in [0.1, 0.15) is 10.9 Å². The first kappa shape index (κ1) is 19.2. The first-order valence-corrected chi connectivity index (χ1v) is 9.69. The van der Waals surface area contributed by atoms with E-state index in [1.807, 2.05) is 0 Å². The summed E-state index contributed by atoms with van der Waals surface area (Å²) in [4.78, 5) is 24.2. The predicted octanol–water partition coefficient (Wildman–Crippen LogP) is 1.32. The van der Waals surface area contributed by atoms with Crippen LogP contribution < -0.4 is 8.92 Å². The van der Waals surface area contributed by atoms with E-state index >= 15 is 0 Å². The molecule has 1 aromatic rings. The van der Waals surface area contributed by atoms with Crippen molar-refractivity contribution in [2.24, 2.45) is 0 Å². The maximum Gasteiger partial charge on any atom is 0.323 e. The minimum Gasteiger partial charge on any atom is -0.493 e. The van der Waals surface area contributed by atoms with E-state index in [0.29, 0.717) is 5.56 Å². The molecule has 0 aliphatic carbocycles. The standard InChI is InChI=1S/C14H13NO7S3/c1-21-10-5-8(3-4-9(10)22-25(2,19)20)6-11-13(18)15(7-12(16)17)14(23)24-11/h3-6H,7H2,1-2H3,(H,16,17)/b11-6+. The van der Waals surface area contributed by atoms with E-state index in [4.69, 9.17) is 26.2 Å². The summed E-state index contributed by atoms with van der Waals surface area (Å²) in [5.74, 6) is -1.49.